The minimum absolute atomic E-state index is 0.0310. The second kappa shape index (κ2) is 4.72. The average molecular weight is 193 g/mol. The zero-order valence-electron chi connectivity index (χ0n) is 8.40. The first-order chi connectivity index (χ1) is 6.61. The van der Waals surface area contributed by atoms with Crippen LogP contribution >= 0.6 is 0 Å². The number of hydrogen-bond donors (Lipinski definition) is 2. The summed E-state index contributed by atoms with van der Waals surface area (Å²) >= 11 is 0. The van der Waals surface area contributed by atoms with Gasteiger partial charge in [0.1, 0.15) is 0 Å². The molecule has 0 spiro atoms. The molecule has 14 heavy (non-hydrogen) atoms. The summed E-state index contributed by atoms with van der Waals surface area (Å²) in [6, 6.07) is 3.23. The quantitative estimate of drug-likeness (QED) is 0.739. The number of carbonyl (C=O) groups is 1. The van der Waals surface area contributed by atoms with Gasteiger partial charge in [0, 0.05) is 12.4 Å². The third kappa shape index (κ3) is 2.81. The Bertz CT molecular complexity index is 297. The second-order valence-corrected chi connectivity index (χ2v) is 3.30. The highest BCUT2D eigenvalue weighted by Gasteiger charge is 2.11. The Morgan fingerprint density at radius 2 is 2.00 bits per heavy atom. The first-order valence-electron chi connectivity index (χ1n) is 4.57. The van der Waals surface area contributed by atoms with E-state index in [0.29, 0.717) is 0 Å². The largest absolute Gasteiger partial charge is 0.348 e. The van der Waals surface area contributed by atoms with Crippen LogP contribution in [0.4, 0.5) is 0 Å². The Morgan fingerprint density at radius 3 is 2.50 bits per heavy atom. The second-order valence-electron chi connectivity index (χ2n) is 3.30. The van der Waals surface area contributed by atoms with Crippen LogP contribution in [0.3, 0.4) is 0 Å². The number of carbonyl (C=O) groups excluding carboxylic acids is 1. The standard InChI is InChI=1S/C10H15N3O/c1-7(11)10(14)13-8(2)9-3-5-12-6-4-9/h3-8H,11H2,1-2H3,(H,13,14)/t7?,8-/m0/s1. The SMILES string of the molecule is CC(N)C(=O)N[C@@H](C)c1ccncc1. The first-order valence-corrected chi connectivity index (χ1v) is 4.57. The highest BCUT2D eigenvalue weighted by atomic mass is 16.2. The molecule has 0 aliphatic rings. The number of nitrogens with zero attached hydrogens (tertiary/aromatic N) is 1. The van der Waals surface area contributed by atoms with Gasteiger partial charge >= 0.3 is 0 Å². The van der Waals surface area contributed by atoms with Crippen molar-refractivity contribution in [1.29, 1.82) is 0 Å². The molecule has 1 aromatic rings. The number of nitrogens with one attached hydrogen (secondary N) is 1. The maximum Gasteiger partial charge on any atom is 0.237 e. The molecule has 0 bridgehead atoms. The zero-order valence-corrected chi connectivity index (χ0v) is 8.40. The summed E-state index contributed by atoms with van der Waals surface area (Å²) in [5.41, 5.74) is 6.46. The monoisotopic (exact) mass is 193 g/mol. The van der Waals surface area contributed by atoms with E-state index >= 15 is 0 Å². The van der Waals surface area contributed by atoms with Crippen molar-refractivity contribution in [2.24, 2.45) is 5.73 Å². The van der Waals surface area contributed by atoms with Gasteiger partial charge < -0.3 is 11.1 Å². The molecule has 0 radical (unpaired) electrons. The molecule has 1 heterocycles. The van der Waals surface area contributed by atoms with Crippen LogP contribution in [0.2, 0.25) is 0 Å². The molecule has 0 aliphatic heterocycles. The van der Waals surface area contributed by atoms with Crippen molar-refractivity contribution >= 4 is 5.91 Å². The normalized spacial score (nSPS) is 14.5. The zero-order chi connectivity index (χ0) is 10.6. The van der Waals surface area contributed by atoms with Crippen LogP contribution in [0.25, 0.3) is 0 Å². The summed E-state index contributed by atoms with van der Waals surface area (Å²) < 4.78 is 0. The molecule has 1 amide bonds. The molecular weight excluding hydrogens is 178 g/mol. The summed E-state index contributed by atoms with van der Waals surface area (Å²) in [6.45, 7) is 3.57. The van der Waals surface area contributed by atoms with Crippen molar-refractivity contribution in [1.82, 2.24) is 10.3 Å². The molecule has 0 saturated carbocycles. The van der Waals surface area contributed by atoms with Crippen LogP contribution in [0.1, 0.15) is 25.5 Å². The van der Waals surface area contributed by atoms with E-state index in [2.05, 4.69) is 10.3 Å². The lowest BCUT2D eigenvalue weighted by Gasteiger charge is -2.15. The lowest BCUT2D eigenvalue weighted by molar-refractivity contribution is -0.122. The van der Waals surface area contributed by atoms with E-state index in [-0.39, 0.29) is 11.9 Å². The molecular formula is C10H15N3O. The molecule has 4 nitrogen and oxygen atoms in total. The molecule has 1 aromatic heterocycles. The van der Waals surface area contributed by atoms with E-state index in [0.717, 1.165) is 5.56 Å². The molecule has 0 fully saturated rings. The average Bonchev–Trinajstić information content (AvgIpc) is 2.19. The van der Waals surface area contributed by atoms with E-state index in [9.17, 15) is 4.79 Å². The summed E-state index contributed by atoms with van der Waals surface area (Å²) in [7, 11) is 0. The van der Waals surface area contributed by atoms with Crippen molar-refractivity contribution in [2.75, 3.05) is 0 Å². The summed E-state index contributed by atoms with van der Waals surface area (Å²) in [5.74, 6) is -0.144. The fourth-order valence-corrected chi connectivity index (χ4v) is 1.08. The molecule has 0 saturated heterocycles. The molecule has 2 atom stereocenters. The van der Waals surface area contributed by atoms with Gasteiger partial charge in [-0.25, -0.2) is 0 Å². The van der Waals surface area contributed by atoms with Crippen LogP contribution in [0, 0.1) is 0 Å². The smallest absolute Gasteiger partial charge is 0.237 e. The lowest BCUT2D eigenvalue weighted by Crippen LogP contribution is -2.39. The van der Waals surface area contributed by atoms with Gasteiger partial charge in [-0.05, 0) is 31.5 Å². The van der Waals surface area contributed by atoms with Gasteiger partial charge in [-0.15, -0.1) is 0 Å². The number of hydrogen-bond acceptors (Lipinski definition) is 3. The van der Waals surface area contributed by atoms with E-state index in [1.165, 1.54) is 0 Å². The molecule has 3 N–H and O–H groups in total. The van der Waals surface area contributed by atoms with Crippen molar-refractivity contribution in [3.8, 4) is 0 Å². The molecule has 1 unspecified atom stereocenters. The van der Waals surface area contributed by atoms with Gasteiger partial charge in [0.2, 0.25) is 5.91 Å². The Morgan fingerprint density at radius 1 is 1.43 bits per heavy atom. The van der Waals surface area contributed by atoms with Gasteiger partial charge in [0.15, 0.2) is 0 Å². The number of aromatic nitrogens is 1. The molecule has 0 aromatic carbocycles. The maximum atomic E-state index is 11.3. The minimum Gasteiger partial charge on any atom is -0.348 e. The number of rotatable bonds is 3. The first kappa shape index (κ1) is 10.7. The molecule has 76 valence electrons. The lowest BCUT2D eigenvalue weighted by atomic mass is 10.1. The minimum atomic E-state index is -0.473. The van der Waals surface area contributed by atoms with Crippen molar-refractivity contribution in [2.45, 2.75) is 25.9 Å². The Balaban J connectivity index is 2.59. The number of amides is 1. The van der Waals surface area contributed by atoms with E-state index in [1.54, 1.807) is 19.3 Å². The third-order valence-electron chi connectivity index (χ3n) is 1.98. The molecule has 4 heteroatoms. The van der Waals surface area contributed by atoms with Crippen LogP contribution in [-0.2, 0) is 4.79 Å². The van der Waals surface area contributed by atoms with E-state index < -0.39 is 6.04 Å². The van der Waals surface area contributed by atoms with Gasteiger partial charge in [-0.3, -0.25) is 9.78 Å². The van der Waals surface area contributed by atoms with Crippen LogP contribution in [-0.4, -0.2) is 16.9 Å². The van der Waals surface area contributed by atoms with Gasteiger partial charge in [-0.1, -0.05) is 0 Å². The number of pyridine rings is 1. The molecule has 1 rings (SSSR count). The van der Waals surface area contributed by atoms with Crippen LogP contribution in [0.5, 0.6) is 0 Å². The predicted molar refractivity (Wildman–Crippen MR) is 54.4 cm³/mol. The summed E-state index contributed by atoms with van der Waals surface area (Å²) in [4.78, 5) is 15.2. The van der Waals surface area contributed by atoms with Gasteiger partial charge in [0.25, 0.3) is 0 Å². The van der Waals surface area contributed by atoms with Crippen LogP contribution in [0.15, 0.2) is 24.5 Å². The van der Waals surface area contributed by atoms with Crippen molar-refractivity contribution < 1.29 is 4.79 Å². The van der Waals surface area contributed by atoms with E-state index in [1.807, 2.05) is 19.1 Å². The summed E-state index contributed by atoms with van der Waals surface area (Å²) in [6.07, 6.45) is 3.40. The maximum absolute atomic E-state index is 11.3. The third-order valence-corrected chi connectivity index (χ3v) is 1.98. The van der Waals surface area contributed by atoms with Gasteiger partial charge in [0.05, 0.1) is 12.1 Å². The highest BCUT2D eigenvalue weighted by Crippen LogP contribution is 2.09. The summed E-state index contributed by atoms with van der Waals surface area (Å²) in [5, 5.41) is 2.80. The fourth-order valence-electron chi connectivity index (χ4n) is 1.08. The Hall–Kier alpha value is -1.42. The predicted octanol–water partition coefficient (Wildman–Crippen LogP) is 0.606. The highest BCUT2D eigenvalue weighted by molar-refractivity contribution is 5.81. The number of nitrogens with two attached hydrogens (primary N) is 1. The topological polar surface area (TPSA) is 68.0 Å². The fraction of sp³-hybridized carbons (Fsp3) is 0.400. The van der Waals surface area contributed by atoms with Gasteiger partial charge in [-0.2, -0.15) is 0 Å². The molecule has 0 aliphatic carbocycles. The van der Waals surface area contributed by atoms with Crippen molar-refractivity contribution in [3.05, 3.63) is 30.1 Å². The Kier molecular flexibility index (Phi) is 3.59. The van der Waals surface area contributed by atoms with E-state index in [4.69, 9.17) is 5.73 Å². The Labute approximate surface area is 83.5 Å². The van der Waals surface area contributed by atoms with Crippen LogP contribution < -0.4 is 11.1 Å². The van der Waals surface area contributed by atoms with Crippen molar-refractivity contribution in [3.63, 3.8) is 0 Å².